The van der Waals surface area contributed by atoms with Gasteiger partial charge in [0.05, 0.1) is 12.7 Å². The highest BCUT2D eigenvalue weighted by molar-refractivity contribution is 6.30. The molecule has 4 heteroatoms. The van der Waals surface area contributed by atoms with E-state index in [1.807, 2.05) is 12.1 Å². The summed E-state index contributed by atoms with van der Waals surface area (Å²) < 4.78 is 5.37. The van der Waals surface area contributed by atoms with E-state index in [-0.39, 0.29) is 5.92 Å². The summed E-state index contributed by atoms with van der Waals surface area (Å²) in [6.45, 7) is 3.73. The minimum Gasteiger partial charge on any atom is -0.496 e. The SMILES string of the molecule is CCC1CNCCC1(O)c1cc(Cl)ccc1OC. The molecule has 3 nitrogen and oxygen atoms in total. The second-order valence-electron chi connectivity index (χ2n) is 4.83. The predicted octanol–water partition coefficient (Wildman–Crippen LogP) is 2.56. The quantitative estimate of drug-likeness (QED) is 0.886. The Labute approximate surface area is 113 Å². The summed E-state index contributed by atoms with van der Waals surface area (Å²) in [5.74, 6) is 0.890. The highest BCUT2D eigenvalue weighted by Crippen LogP contribution is 2.42. The largest absolute Gasteiger partial charge is 0.496 e. The number of hydrogen-bond acceptors (Lipinski definition) is 3. The van der Waals surface area contributed by atoms with E-state index >= 15 is 0 Å². The van der Waals surface area contributed by atoms with E-state index in [0.29, 0.717) is 17.2 Å². The maximum atomic E-state index is 11.1. The van der Waals surface area contributed by atoms with E-state index < -0.39 is 5.60 Å². The van der Waals surface area contributed by atoms with Crippen molar-refractivity contribution >= 4 is 11.6 Å². The monoisotopic (exact) mass is 269 g/mol. The van der Waals surface area contributed by atoms with Crippen LogP contribution in [-0.4, -0.2) is 25.3 Å². The molecule has 1 aliphatic heterocycles. The van der Waals surface area contributed by atoms with Gasteiger partial charge in [-0.1, -0.05) is 18.5 Å². The fraction of sp³-hybridized carbons (Fsp3) is 0.571. The average Bonchev–Trinajstić information content (AvgIpc) is 2.39. The Morgan fingerprint density at radius 3 is 3.00 bits per heavy atom. The van der Waals surface area contributed by atoms with Crippen LogP contribution < -0.4 is 10.1 Å². The first-order valence-corrected chi connectivity index (χ1v) is 6.76. The second-order valence-corrected chi connectivity index (χ2v) is 5.26. The van der Waals surface area contributed by atoms with Gasteiger partial charge in [-0.25, -0.2) is 0 Å². The zero-order valence-corrected chi connectivity index (χ0v) is 11.6. The first kappa shape index (κ1) is 13.7. The van der Waals surface area contributed by atoms with Gasteiger partial charge in [-0.15, -0.1) is 0 Å². The average molecular weight is 270 g/mol. The van der Waals surface area contributed by atoms with Gasteiger partial charge in [0.15, 0.2) is 0 Å². The fourth-order valence-electron chi connectivity index (χ4n) is 2.78. The Kier molecular flexibility index (Phi) is 4.15. The van der Waals surface area contributed by atoms with E-state index in [2.05, 4.69) is 12.2 Å². The summed E-state index contributed by atoms with van der Waals surface area (Å²) in [7, 11) is 1.62. The summed E-state index contributed by atoms with van der Waals surface area (Å²) in [5, 5.41) is 15.0. The molecular formula is C14H20ClNO2. The molecule has 1 fully saturated rings. The van der Waals surface area contributed by atoms with Crippen LogP contribution in [0, 0.1) is 5.92 Å². The number of ether oxygens (including phenoxy) is 1. The molecule has 0 radical (unpaired) electrons. The van der Waals surface area contributed by atoms with Gasteiger partial charge < -0.3 is 15.2 Å². The van der Waals surface area contributed by atoms with Crippen LogP contribution in [-0.2, 0) is 5.60 Å². The normalized spacial score (nSPS) is 28.1. The van der Waals surface area contributed by atoms with Crippen molar-refractivity contribution in [2.45, 2.75) is 25.4 Å². The minimum atomic E-state index is -0.851. The lowest BCUT2D eigenvalue weighted by atomic mass is 9.75. The first-order valence-electron chi connectivity index (χ1n) is 6.39. The van der Waals surface area contributed by atoms with Gasteiger partial charge in [-0.2, -0.15) is 0 Å². The number of halogens is 1. The molecule has 0 aromatic heterocycles. The van der Waals surface area contributed by atoms with Crippen molar-refractivity contribution in [1.82, 2.24) is 5.32 Å². The van der Waals surface area contributed by atoms with Crippen LogP contribution in [0.2, 0.25) is 5.02 Å². The van der Waals surface area contributed by atoms with E-state index in [9.17, 15) is 5.11 Å². The van der Waals surface area contributed by atoms with Crippen molar-refractivity contribution < 1.29 is 9.84 Å². The van der Waals surface area contributed by atoms with Crippen LogP contribution in [0.1, 0.15) is 25.3 Å². The molecule has 2 rings (SSSR count). The van der Waals surface area contributed by atoms with E-state index in [0.717, 1.165) is 25.1 Å². The first-order chi connectivity index (χ1) is 8.61. The number of hydrogen-bond donors (Lipinski definition) is 2. The van der Waals surface area contributed by atoms with Crippen LogP contribution in [0.4, 0.5) is 0 Å². The molecular weight excluding hydrogens is 250 g/mol. The lowest BCUT2D eigenvalue weighted by Crippen LogP contribution is -2.48. The molecule has 2 atom stereocenters. The van der Waals surface area contributed by atoms with Crippen molar-refractivity contribution in [2.75, 3.05) is 20.2 Å². The van der Waals surface area contributed by atoms with Gasteiger partial charge in [-0.3, -0.25) is 0 Å². The van der Waals surface area contributed by atoms with Crippen LogP contribution in [0.5, 0.6) is 5.75 Å². The standard InChI is InChI=1S/C14H20ClNO2/c1-3-10-9-16-7-6-14(10,17)12-8-11(15)4-5-13(12)18-2/h4-5,8,10,16-17H,3,6-7,9H2,1-2H3. The predicted molar refractivity (Wildman–Crippen MR) is 73.2 cm³/mol. The van der Waals surface area contributed by atoms with E-state index in [4.69, 9.17) is 16.3 Å². The topological polar surface area (TPSA) is 41.5 Å². The molecule has 0 aliphatic carbocycles. The third-order valence-electron chi connectivity index (χ3n) is 3.87. The summed E-state index contributed by atoms with van der Waals surface area (Å²) in [5.41, 5.74) is -0.0400. The lowest BCUT2D eigenvalue weighted by molar-refractivity contribution is -0.0493. The highest BCUT2D eigenvalue weighted by atomic mass is 35.5. The van der Waals surface area contributed by atoms with E-state index in [1.54, 1.807) is 13.2 Å². The molecule has 100 valence electrons. The van der Waals surface area contributed by atoms with Crippen LogP contribution in [0.25, 0.3) is 0 Å². The minimum absolute atomic E-state index is 0.179. The molecule has 0 amide bonds. The van der Waals surface area contributed by atoms with E-state index in [1.165, 1.54) is 0 Å². The van der Waals surface area contributed by atoms with Crippen LogP contribution in [0.3, 0.4) is 0 Å². The number of piperidine rings is 1. The molecule has 0 spiro atoms. The molecule has 0 bridgehead atoms. The van der Waals surface area contributed by atoms with Crippen molar-refractivity contribution in [1.29, 1.82) is 0 Å². The van der Waals surface area contributed by atoms with Gasteiger partial charge >= 0.3 is 0 Å². The third-order valence-corrected chi connectivity index (χ3v) is 4.10. The Bertz CT molecular complexity index is 424. The molecule has 1 aromatic rings. The van der Waals surface area contributed by atoms with Crippen molar-refractivity contribution in [3.63, 3.8) is 0 Å². The molecule has 1 aliphatic rings. The number of aliphatic hydroxyl groups is 1. The lowest BCUT2D eigenvalue weighted by Gasteiger charge is -2.41. The molecule has 2 N–H and O–H groups in total. The van der Waals surface area contributed by atoms with Crippen LogP contribution >= 0.6 is 11.6 Å². The molecule has 1 saturated heterocycles. The fourth-order valence-corrected chi connectivity index (χ4v) is 2.96. The Hall–Kier alpha value is -0.770. The summed E-state index contributed by atoms with van der Waals surface area (Å²) in [6.07, 6.45) is 1.60. The Balaban J connectivity index is 2.46. The number of benzene rings is 1. The van der Waals surface area contributed by atoms with Gasteiger partial charge in [0.25, 0.3) is 0 Å². The van der Waals surface area contributed by atoms with Crippen molar-refractivity contribution in [3.05, 3.63) is 28.8 Å². The summed E-state index contributed by atoms with van der Waals surface area (Å²) >= 11 is 6.06. The molecule has 2 unspecified atom stereocenters. The highest BCUT2D eigenvalue weighted by Gasteiger charge is 2.41. The molecule has 18 heavy (non-hydrogen) atoms. The van der Waals surface area contributed by atoms with Crippen molar-refractivity contribution in [3.8, 4) is 5.75 Å². The maximum Gasteiger partial charge on any atom is 0.125 e. The number of methoxy groups -OCH3 is 1. The summed E-state index contributed by atoms with van der Waals surface area (Å²) in [6, 6.07) is 5.44. The maximum absolute atomic E-state index is 11.1. The van der Waals surface area contributed by atoms with Gasteiger partial charge in [0.2, 0.25) is 0 Å². The Morgan fingerprint density at radius 2 is 2.33 bits per heavy atom. The zero-order chi connectivity index (χ0) is 13.2. The van der Waals surface area contributed by atoms with Crippen LogP contribution in [0.15, 0.2) is 18.2 Å². The third kappa shape index (κ3) is 2.35. The van der Waals surface area contributed by atoms with Gasteiger partial charge in [0.1, 0.15) is 5.75 Å². The Morgan fingerprint density at radius 1 is 1.56 bits per heavy atom. The zero-order valence-electron chi connectivity index (χ0n) is 10.9. The van der Waals surface area contributed by atoms with Gasteiger partial charge in [-0.05, 0) is 37.6 Å². The smallest absolute Gasteiger partial charge is 0.125 e. The molecule has 1 heterocycles. The number of rotatable bonds is 3. The van der Waals surface area contributed by atoms with Crippen molar-refractivity contribution in [2.24, 2.45) is 5.92 Å². The number of nitrogens with one attached hydrogen (secondary N) is 1. The molecule has 0 saturated carbocycles. The van der Waals surface area contributed by atoms with Gasteiger partial charge in [0, 0.05) is 23.0 Å². The second kappa shape index (κ2) is 5.47. The summed E-state index contributed by atoms with van der Waals surface area (Å²) in [4.78, 5) is 0. The molecule has 1 aromatic carbocycles.